The Balaban J connectivity index is 1.88. The molecular weight excluding hydrogens is 172 g/mol. The normalized spacial score (nSPS) is 43.9. The third kappa shape index (κ3) is 2.31. The molecule has 0 amide bonds. The van der Waals surface area contributed by atoms with Gasteiger partial charge in [-0.15, -0.1) is 0 Å². The van der Waals surface area contributed by atoms with Crippen LogP contribution in [-0.2, 0) is 0 Å². The zero-order valence-electron chi connectivity index (χ0n) is 9.63. The summed E-state index contributed by atoms with van der Waals surface area (Å²) in [6, 6.07) is 0. The van der Waals surface area contributed by atoms with E-state index in [1.165, 1.54) is 32.1 Å². The molecule has 2 aliphatic rings. The molecule has 3 atom stereocenters. The van der Waals surface area contributed by atoms with Crippen LogP contribution in [0.2, 0.25) is 0 Å². The zero-order chi connectivity index (χ0) is 10.2. The summed E-state index contributed by atoms with van der Waals surface area (Å²) in [6.07, 6.45) is 8.74. The van der Waals surface area contributed by atoms with E-state index in [1.54, 1.807) is 0 Å². The van der Waals surface area contributed by atoms with Gasteiger partial charge in [-0.25, -0.2) is 0 Å². The first kappa shape index (κ1) is 10.5. The fourth-order valence-electron chi connectivity index (χ4n) is 2.92. The number of hydrogen-bond acceptors (Lipinski definition) is 1. The van der Waals surface area contributed by atoms with Crippen molar-refractivity contribution in [3.8, 4) is 0 Å². The molecule has 2 saturated carbocycles. The lowest BCUT2D eigenvalue weighted by Crippen LogP contribution is -2.41. The first-order valence-electron chi connectivity index (χ1n) is 6.32. The van der Waals surface area contributed by atoms with Gasteiger partial charge in [-0.05, 0) is 43.4 Å². The molecule has 0 bridgehead atoms. The Morgan fingerprint density at radius 3 is 2.50 bits per heavy atom. The van der Waals surface area contributed by atoms with Crippen LogP contribution in [-0.4, -0.2) is 10.7 Å². The Kier molecular flexibility index (Phi) is 2.88. The molecule has 0 heterocycles. The third-order valence-corrected chi connectivity index (χ3v) is 4.39. The molecule has 2 aliphatic carbocycles. The molecule has 14 heavy (non-hydrogen) atoms. The fourth-order valence-corrected chi connectivity index (χ4v) is 2.92. The van der Waals surface area contributed by atoms with Crippen LogP contribution in [0, 0.1) is 17.8 Å². The fraction of sp³-hybridized carbons (Fsp3) is 1.00. The lowest BCUT2D eigenvalue weighted by molar-refractivity contribution is -0.0650. The smallest absolute Gasteiger partial charge is 0.0675 e. The second kappa shape index (κ2) is 3.84. The molecule has 3 unspecified atom stereocenters. The summed E-state index contributed by atoms with van der Waals surface area (Å²) < 4.78 is 0. The van der Waals surface area contributed by atoms with Crippen LogP contribution in [0.3, 0.4) is 0 Å². The first-order valence-corrected chi connectivity index (χ1v) is 6.32. The topological polar surface area (TPSA) is 20.2 Å². The van der Waals surface area contributed by atoms with Crippen molar-refractivity contribution in [1.82, 2.24) is 0 Å². The van der Waals surface area contributed by atoms with Crippen molar-refractivity contribution in [3.63, 3.8) is 0 Å². The minimum absolute atomic E-state index is 0.319. The van der Waals surface area contributed by atoms with E-state index in [9.17, 15) is 5.11 Å². The molecule has 82 valence electrons. The highest BCUT2D eigenvalue weighted by Crippen LogP contribution is 2.43. The van der Waals surface area contributed by atoms with Crippen LogP contribution >= 0.6 is 0 Å². The Hall–Kier alpha value is -0.0400. The summed E-state index contributed by atoms with van der Waals surface area (Å²) >= 11 is 0. The SMILES string of the molecule is CC1CCC(C)C(O)(CCC2CC2)C1. The summed E-state index contributed by atoms with van der Waals surface area (Å²) in [7, 11) is 0. The van der Waals surface area contributed by atoms with Gasteiger partial charge in [-0.2, -0.15) is 0 Å². The van der Waals surface area contributed by atoms with Gasteiger partial charge in [0.25, 0.3) is 0 Å². The molecule has 0 aliphatic heterocycles. The van der Waals surface area contributed by atoms with Gasteiger partial charge in [0, 0.05) is 0 Å². The molecule has 2 fully saturated rings. The van der Waals surface area contributed by atoms with Crippen molar-refractivity contribution >= 4 is 0 Å². The van der Waals surface area contributed by atoms with Gasteiger partial charge in [0.15, 0.2) is 0 Å². The molecule has 0 aromatic heterocycles. The quantitative estimate of drug-likeness (QED) is 0.734. The molecule has 2 rings (SSSR count). The van der Waals surface area contributed by atoms with Crippen molar-refractivity contribution in [1.29, 1.82) is 0 Å². The molecule has 0 aromatic carbocycles. The van der Waals surface area contributed by atoms with Crippen molar-refractivity contribution < 1.29 is 5.11 Å². The van der Waals surface area contributed by atoms with E-state index in [0.29, 0.717) is 5.92 Å². The summed E-state index contributed by atoms with van der Waals surface area (Å²) in [6.45, 7) is 4.52. The van der Waals surface area contributed by atoms with Crippen LogP contribution in [0.25, 0.3) is 0 Å². The molecule has 0 saturated heterocycles. The third-order valence-electron chi connectivity index (χ3n) is 4.39. The molecule has 1 heteroatoms. The van der Waals surface area contributed by atoms with Gasteiger partial charge >= 0.3 is 0 Å². The monoisotopic (exact) mass is 196 g/mol. The minimum atomic E-state index is -0.319. The zero-order valence-corrected chi connectivity index (χ0v) is 9.63. The van der Waals surface area contributed by atoms with Gasteiger partial charge in [0.05, 0.1) is 5.60 Å². The lowest BCUT2D eigenvalue weighted by Gasteiger charge is -2.41. The molecule has 0 radical (unpaired) electrons. The summed E-state index contributed by atoms with van der Waals surface area (Å²) in [5.41, 5.74) is -0.319. The summed E-state index contributed by atoms with van der Waals surface area (Å²) in [4.78, 5) is 0. The molecule has 0 spiro atoms. The van der Waals surface area contributed by atoms with Gasteiger partial charge in [0.2, 0.25) is 0 Å². The maximum absolute atomic E-state index is 10.6. The number of rotatable bonds is 3. The van der Waals surface area contributed by atoms with E-state index in [1.807, 2.05) is 0 Å². The van der Waals surface area contributed by atoms with Crippen molar-refractivity contribution in [2.75, 3.05) is 0 Å². The summed E-state index contributed by atoms with van der Waals surface area (Å²) in [5, 5.41) is 10.6. The number of hydrogen-bond donors (Lipinski definition) is 1. The van der Waals surface area contributed by atoms with Gasteiger partial charge < -0.3 is 5.11 Å². The van der Waals surface area contributed by atoms with Crippen LogP contribution in [0.15, 0.2) is 0 Å². The maximum Gasteiger partial charge on any atom is 0.0675 e. The van der Waals surface area contributed by atoms with Crippen molar-refractivity contribution in [3.05, 3.63) is 0 Å². The van der Waals surface area contributed by atoms with Crippen molar-refractivity contribution in [2.45, 2.75) is 64.4 Å². The van der Waals surface area contributed by atoms with Crippen LogP contribution in [0.5, 0.6) is 0 Å². The highest BCUT2D eigenvalue weighted by molar-refractivity contribution is 4.91. The van der Waals surface area contributed by atoms with E-state index < -0.39 is 0 Å². The van der Waals surface area contributed by atoms with Crippen LogP contribution < -0.4 is 0 Å². The van der Waals surface area contributed by atoms with Crippen LogP contribution in [0.4, 0.5) is 0 Å². The predicted molar refractivity (Wildman–Crippen MR) is 59.1 cm³/mol. The average Bonchev–Trinajstić information content (AvgIpc) is 2.92. The molecular formula is C13H24O. The standard InChI is InChI=1S/C13H24O/c1-10-3-4-11(2)13(14,9-10)8-7-12-5-6-12/h10-12,14H,3-9H2,1-2H3. The Morgan fingerprint density at radius 1 is 1.14 bits per heavy atom. The van der Waals surface area contributed by atoms with Gasteiger partial charge in [-0.3, -0.25) is 0 Å². The van der Waals surface area contributed by atoms with Crippen molar-refractivity contribution in [2.24, 2.45) is 17.8 Å². The highest BCUT2D eigenvalue weighted by atomic mass is 16.3. The molecule has 0 aromatic rings. The predicted octanol–water partition coefficient (Wildman–Crippen LogP) is 3.36. The van der Waals surface area contributed by atoms with Crippen LogP contribution in [0.1, 0.15) is 58.8 Å². The Labute approximate surface area is 87.9 Å². The maximum atomic E-state index is 10.6. The van der Waals surface area contributed by atoms with E-state index >= 15 is 0 Å². The Morgan fingerprint density at radius 2 is 1.86 bits per heavy atom. The van der Waals surface area contributed by atoms with E-state index in [4.69, 9.17) is 0 Å². The second-order valence-corrected chi connectivity index (χ2v) is 5.87. The number of aliphatic hydroxyl groups is 1. The van der Waals surface area contributed by atoms with E-state index in [0.717, 1.165) is 24.7 Å². The Bertz CT molecular complexity index is 197. The van der Waals surface area contributed by atoms with E-state index in [2.05, 4.69) is 13.8 Å². The molecule has 1 N–H and O–H groups in total. The highest BCUT2D eigenvalue weighted by Gasteiger charge is 2.39. The van der Waals surface area contributed by atoms with Gasteiger partial charge in [0.1, 0.15) is 0 Å². The molecule has 1 nitrogen and oxygen atoms in total. The lowest BCUT2D eigenvalue weighted by atomic mass is 9.70. The average molecular weight is 196 g/mol. The largest absolute Gasteiger partial charge is 0.390 e. The first-order chi connectivity index (χ1) is 6.60. The van der Waals surface area contributed by atoms with E-state index in [-0.39, 0.29) is 5.60 Å². The van der Waals surface area contributed by atoms with Gasteiger partial charge in [-0.1, -0.05) is 33.1 Å². The second-order valence-electron chi connectivity index (χ2n) is 5.87. The summed E-state index contributed by atoms with van der Waals surface area (Å²) in [5.74, 6) is 2.22. The minimum Gasteiger partial charge on any atom is -0.390 e.